The molecule has 0 fully saturated rings. The number of carbonyl (C=O) groups excluding carboxylic acids is 1. The monoisotopic (exact) mass is 118 g/mol. The second kappa shape index (κ2) is 2.49. The molecule has 0 saturated heterocycles. The molecular weight excluding hydrogens is 111 g/mol. The Morgan fingerprint density at radius 2 is 2.00 bits per heavy atom. The van der Waals surface area contributed by atoms with Gasteiger partial charge in [0.25, 0.3) is 0 Å². The van der Waals surface area contributed by atoms with Gasteiger partial charge in [-0.15, -0.1) is 0 Å². The highest BCUT2D eigenvalue weighted by Crippen LogP contribution is 1.87. The molecule has 0 atom stereocenters. The van der Waals surface area contributed by atoms with E-state index in [1.54, 1.807) is 0 Å². The molecule has 1 rings (SSSR count). The fraction of sp³-hybridized carbons (Fsp3) is 0. The van der Waals surface area contributed by atoms with Crippen molar-refractivity contribution in [1.82, 2.24) is 0 Å². The van der Waals surface area contributed by atoms with Crippen LogP contribution in [-0.2, 0) is 0 Å². The molecule has 1 nitrogen and oxygen atoms in total. The maximum atomic E-state index is 10.2. The molecule has 0 aromatic heterocycles. The molecular formula is C7H7BO. The number of carbonyl (C=O) groups is 1. The summed E-state index contributed by atoms with van der Waals surface area (Å²) in [6.45, 7) is 0. The zero-order valence-corrected chi connectivity index (χ0v) is 5.29. The average Bonchev–Trinajstić information content (AvgIpc) is 1.89. The summed E-state index contributed by atoms with van der Waals surface area (Å²) in [4.78, 5) is 10.2. The minimum absolute atomic E-state index is 0.775. The topological polar surface area (TPSA) is 17.1 Å². The van der Waals surface area contributed by atoms with Gasteiger partial charge in [0.1, 0.15) is 14.1 Å². The van der Waals surface area contributed by atoms with E-state index in [1.807, 2.05) is 32.1 Å². The van der Waals surface area contributed by atoms with Gasteiger partial charge in [0.15, 0.2) is 0 Å². The van der Waals surface area contributed by atoms with E-state index < -0.39 is 0 Å². The van der Waals surface area contributed by atoms with E-state index in [1.165, 1.54) is 0 Å². The van der Waals surface area contributed by atoms with Gasteiger partial charge in [-0.05, 0) is 0 Å². The Bertz CT molecular complexity index is 220. The molecule has 1 aromatic rings. The van der Waals surface area contributed by atoms with Crippen LogP contribution in [0.2, 0.25) is 0 Å². The quantitative estimate of drug-likeness (QED) is 0.367. The highest BCUT2D eigenvalue weighted by molar-refractivity contribution is 6.35. The normalized spacial score (nSPS) is 8.89. The SMILES string of the molecule is Bc1ccccc1C=O. The molecule has 0 heterocycles. The molecule has 44 valence electrons. The highest BCUT2D eigenvalue weighted by Gasteiger charge is 1.90. The largest absolute Gasteiger partial charge is 0.298 e. The van der Waals surface area contributed by atoms with Crippen molar-refractivity contribution in [3.05, 3.63) is 29.8 Å². The van der Waals surface area contributed by atoms with E-state index >= 15 is 0 Å². The molecule has 0 aliphatic heterocycles. The van der Waals surface area contributed by atoms with Crippen molar-refractivity contribution in [1.29, 1.82) is 0 Å². The lowest BCUT2D eigenvalue weighted by Gasteiger charge is -1.92. The van der Waals surface area contributed by atoms with Gasteiger partial charge in [0, 0.05) is 5.56 Å². The Labute approximate surface area is 55.1 Å². The second-order valence-corrected chi connectivity index (χ2v) is 1.97. The van der Waals surface area contributed by atoms with E-state index in [0.717, 1.165) is 17.3 Å². The Morgan fingerprint density at radius 3 is 2.44 bits per heavy atom. The van der Waals surface area contributed by atoms with Crippen molar-refractivity contribution in [2.75, 3.05) is 0 Å². The number of hydrogen-bond donors (Lipinski definition) is 0. The van der Waals surface area contributed by atoms with Crippen molar-refractivity contribution in [3.8, 4) is 0 Å². The minimum atomic E-state index is 0.775. The average molecular weight is 118 g/mol. The lowest BCUT2D eigenvalue weighted by molar-refractivity contribution is 0.112. The van der Waals surface area contributed by atoms with Crippen molar-refractivity contribution in [2.45, 2.75) is 0 Å². The van der Waals surface area contributed by atoms with E-state index in [0.29, 0.717) is 0 Å². The number of aldehydes is 1. The summed E-state index contributed by atoms with van der Waals surface area (Å²) in [6.07, 6.45) is 0.870. The standard InChI is InChI=1S/C7H7BO/c8-7-4-2-1-3-6(7)5-9/h1-5H,8H2. The van der Waals surface area contributed by atoms with Crippen LogP contribution in [0.15, 0.2) is 24.3 Å². The molecule has 0 aliphatic carbocycles. The summed E-state index contributed by atoms with van der Waals surface area (Å²) in [5.74, 6) is 0. The molecule has 0 aliphatic rings. The molecule has 0 amide bonds. The van der Waals surface area contributed by atoms with Gasteiger partial charge in [0.05, 0.1) is 0 Å². The predicted molar refractivity (Wildman–Crippen MR) is 40.0 cm³/mol. The summed E-state index contributed by atoms with van der Waals surface area (Å²) >= 11 is 0. The van der Waals surface area contributed by atoms with E-state index in [-0.39, 0.29) is 0 Å². The Hall–Kier alpha value is -1.05. The number of hydrogen-bond acceptors (Lipinski definition) is 1. The third-order valence-corrected chi connectivity index (χ3v) is 1.32. The zero-order valence-electron chi connectivity index (χ0n) is 5.29. The van der Waals surface area contributed by atoms with Crippen molar-refractivity contribution >= 4 is 19.6 Å². The number of benzene rings is 1. The highest BCUT2D eigenvalue weighted by atomic mass is 16.1. The molecule has 1 aromatic carbocycles. The van der Waals surface area contributed by atoms with E-state index in [4.69, 9.17) is 0 Å². The first kappa shape index (κ1) is 6.08. The first-order valence-corrected chi connectivity index (χ1v) is 2.85. The van der Waals surface area contributed by atoms with Gasteiger partial charge >= 0.3 is 0 Å². The van der Waals surface area contributed by atoms with Crippen LogP contribution in [0.4, 0.5) is 0 Å². The molecule has 0 unspecified atom stereocenters. The molecule has 0 N–H and O–H groups in total. The van der Waals surface area contributed by atoms with Gasteiger partial charge in [-0.2, -0.15) is 0 Å². The minimum Gasteiger partial charge on any atom is -0.298 e. The Balaban J connectivity index is 3.15. The lowest BCUT2D eigenvalue weighted by atomic mass is 9.91. The molecule has 9 heavy (non-hydrogen) atoms. The van der Waals surface area contributed by atoms with Crippen molar-refractivity contribution in [2.24, 2.45) is 0 Å². The Kier molecular flexibility index (Phi) is 1.68. The summed E-state index contributed by atoms with van der Waals surface area (Å²) in [7, 11) is 1.92. The van der Waals surface area contributed by atoms with Gasteiger partial charge in [-0.25, -0.2) is 0 Å². The molecule has 0 spiro atoms. The number of rotatable bonds is 1. The zero-order chi connectivity index (χ0) is 6.69. The maximum absolute atomic E-state index is 10.2. The fourth-order valence-corrected chi connectivity index (χ4v) is 0.719. The van der Waals surface area contributed by atoms with Crippen LogP contribution in [-0.4, -0.2) is 14.1 Å². The van der Waals surface area contributed by atoms with Crippen molar-refractivity contribution < 1.29 is 4.79 Å². The van der Waals surface area contributed by atoms with Crippen LogP contribution >= 0.6 is 0 Å². The lowest BCUT2D eigenvalue weighted by Crippen LogP contribution is -2.07. The molecule has 0 saturated carbocycles. The van der Waals surface area contributed by atoms with Gasteiger partial charge in [0.2, 0.25) is 0 Å². The summed E-state index contributed by atoms with van der Waals surface area (Å²) < 4.78 is 0. The first-order valence-electron chi connectivity index (χ1n) is 2.85. The van der Waals surface area contributed by atoms with Crippen LogP contribution in [0.3, 0.4) is 0 Å². The third-order valence-electron chi connectivity index (χ3n) is 1.32. The first-order chi connectivity index (χ1) is 4.34. The fourth-order valence-electron chi connectivity index (χ4n) is 0.719. The smallest absolute Gasteiger partial charge is 0.149 e. The van der Waals surface area contributed by atoms with Gasteiger partial charge in [-0.1, -0.05) is 29.7 Å². The summed E-state index contributed by atoms with van der Waals surface area (Å²) in [5, 5.41) is 0. The van der Waals surface area contributed by atoms with Crippen LogP contribution < -0.4 is 5.46 Å². The van der Waals surface area contributed by atoms with Gasteiger partial charge in [-0.3, -0.25) is 4.79 Å². The summed E-state index contributed by atoms with van der Waals surface area (Å²) in [6, 6.07) is 7.51. The van der Waals surface area contributed by atoms with Crippen molar-refractivity contribution in [3.63, 3.8) is 0 Å². The third kappa shape index (κ3) is 1.19. The van der Waals surface area contributed by atoms with Crippen LogP contribution in [0.1, 0.15) is 10.4 Å². The predicted octanol–water partition coefficient (Wildman–Crippen LogP) is -0.242. The second-order valence-electron chi connectivity index (χ2n) is 1.97. The van der Waals surface area contributed by atoms with Crippen LogP contribution in [0.25, 0.3) is 0 Å². The molecule has 2 heteroatoms. The van der Waals surface area contributed by atoms with Crippen LogP contribution in [0.5, 0.6) is 0 Å². The maximum Gasteiger partial charge on any atom is 0.149 e. The Morgan fingerprint density at radius 1 is 1.33 bits per heavy atom. The van der Waals surface area contributed by atoms with Gasteiger partial charge < -0.3 is 0 Å². The van der Waals surface area contributed by atoms with E-state index in [2.05, 4.69) is 0 Å². The summed E-state index contributed by atoms with van der Waals surface area (Å²) in [5.41, 5.74) is 1.81. The molecule has 0 radical (unpaired) electrons. The van der Waals surface area contributed by atoms with Crippen LogP contribution in [0, 0.1) is 0 Å². The molecule has 0 bridgehead atoms. The van der Waals surface area contributed by atoms with E-state index in [9.17, 15) is 4.79 Å².